The molecule has 37 heavy (non-hydrogen) atoms. The molecule has 13 nitrogen and oxygen atoms in total. The first-order valence-electron chi connectivity index (χ1n) is 11.8. The van der Waals surface area contributed by atoms with Crippen molar-refractivity contribution in [2.24, 2.45) is 5.73 Å². The minimum Gasteiger partial charge on any atom is -0.496 e. The third kappa shape index (κ3) is 4.37. The standard InChI is InChI=1S/C24H26N8O5/c1-12(11-33)32-23(28-29-30-32)16-4-3-5-18(26-16)27-24(36)15-8-14-10-31(20-19(25)21(34)22(20)35)7-6-13(14)9-17(15)37-2/h3-5,8-9,12,19-20,33H,6-7,10-11,25H2,1-2H3,(H,26,27,36)/t12-,19?,20?/m1/s1. The number of carbonyl (C=O) groups is 3. The van der Waals surface area contributed by atoms with Crippen LogP contribution in [0.2, 0.25) is 0 Å². The van der Waals surface area contributed by atoms with Gasteiger partial charge in [0.1, 0.15) is 17.3 Å². The minimum atomic E-state index is -0.810. The zero-order valence-corrected chi connectivity index (χ0v) is 20.3. The summed E-state index contributed by atoms with van der Waals surface area (Å²) in [4.78, 5) is 43.3. The van der Waals surface area contributed by atoms with Crippen molar-refractivity contribution in [1.29, 1.82) is 0 Å². The Hall–Kier alpha value is -4.07. The number of Topliss-reactive ketones (excluding diaryl/α,β-unsaturated/α-hetero) is 2. The number of benzene rings is 1. The number of nitrogens with one attached hydrogen (secondary N) is 1. The fourth-order valence-corrected chi connectivity index (χ4v) is 4.65. The van der Waals surface area contributed by atoms with Crippen LogP contribution in [0.25, 0.3) is 11.5 Å². The molecule has 0 saturated heterocycles. The maximum Gasteiger partial charge on any atom is 0.260 e. The van der Waals surface area contributed by atoms with Gasteiger partial charge in [-0.1, -0.05) is 6.07 Å². The van der Waals surface area contributed by atoms with Crippen molar-refractivity contribution in [3.63, 3.8) is 0 Å². The molecule has 1 aliphatic carbocycles. The molecule has 1 saturated carbocycles. The van der Waals surface area contributed by atoms with Gasteiger partial charge in [-0.05, 0) is 59.2 Å². The van der Waals surface area contributed by atoms with Gasteiger partial charge in [0.05, 0.1) is 37.4 Å². The number of carbonyl (C=O) groups excluding carboxylic acids is 3. The highest BCUT2D eigenvalue weighted by molar-refractivity contribution is 6.48. The van der Waals surface area contributed by atoms with Crippen LogP contribution in [0.1, 0.15) is 34.5 Å². The molecule has 1 aromatic carbocycles. The monoisotopic (exact) mass is 506 g/mol. The van der Waals surface area contributed by atoms with Gasteiger partial charge in [0, 0.05) is 13.1 Å². The van der Waals surface area contributed by atoms with E-state index in [1.165, 1.54) is 11.8 Å². The van der Waals surface area contributed by atoms with Gasteiger partial charge >= 0.3 is 0 Å². The molecule has 0 radical (unpaired) electrons. The number of nitrogens with two attached hydrogens (primary N) is 1. The van der Waals surface area contributed by atoms with Crippen LogP contribution < -0.4 is 15.8 Å². The molecule has 5 rings (SSSR count). The zero-order valence-electron chi connectivity index (χ0n) is 20.3. The fourth-order valence-electron chi connectivity index (χ4n) is 4.65. The number of fused-ring (bicyclic) bond motifs is 1. The van der Waals surface area contributed by atoms with Crippen molar-refractivity contribution in [2.75, 3.05) is 25.6 Å². The molecule has 1 amide bonds. The number of rotatable bonds is 7. The second-order valence-corrected chi connectivity index (χ2v) is 9.08. The number of aromatic nitrogens is 5. The molecule has 4 N–H and O–H groups in total. The van der Waals surface area contributed by atoms with E-state index < -0.39 is 29.6 Å². The van der Waals surface area contributed by atoms with E-state index in [1.807, 2.05) is 11.0 Å². The number of aliphatic hydroxyl groups excluding tert-OH is 1. The number of hydrogen-bond acceptors (Lipinski definition) is 11. The topological polar surface area (TPSA) is 178 Å². The molecular weight excluding hydrogens is 480 g/mol. The van der Waals surface area contributed by atoms with Crippen molar-refractivity contribution in [1.82, 2.24) is 30.1 Å². The Kier molecular flexibility index (Phi) is 6.50. The zero-order chi connectivity index (χ0) is 26.3. The Morgan fingerprint density at radius 1 is 1.27 bits per heavy atom. The molecule has 0 bridgehead atoms. The quantitative estimate of drug-likeness (QED) is 0.360. The highest BCUT2D eigenvalue weighted by Crippen LogP contribution is 2.31. The van der Waals surface area contributed by atoms with E-state index >= 15 is 0 Å². The van der Waals surface area contributed by atoms with E-state index in [4.69, 9.17) is 10.5 Å². The van der Waals surface area contributed by atoms with Crippen LogP contribution >= 0.6 is 0 Å². The second kappa shape index (κ2) is 9.76. The lowest BCUT2D eigenvalue weighted by Crippen LogP contribution is -2.69. The Balaban J connectivity index is 1.38. The first kappa shape index (κ1) is 24.6. The van der Waals surface area contributed by atoms with E-state index in [0.717, 1.165) is 11.1 Å². The van der Waals surface area contributed by atoms with Gasteiger partial charge in [-0.25, -0.2) is 9.67 Å². The van der Waals surface area contributed by atoms with Gasteiger partial charge in [0.15, 0.2) is 0 Å². The number of ether oxygens (including phenoxy) is 1. The van der Waals surface area contributed by atoms with Crippen LogP contribution in [0.15, 0.2) is 30.3 Å². The minimum absolute atomic E-state index is 0.152. The molecule has 13 heteroatoms. The Morgan fingerprint density at radius 2 is 2.08 bits per heavy atom. The van der Waals surface area contributed by atoms with Crippen LogP contribution in [0, 0.1) is 0 Å². The van der Waals surface area contributed by atoms with Crippen LogP contribution in [0.3, 0.4) is 0 Å². The van der Waals surface area contributed by atoms with Crippen molar-refractivity contribution in [3.8, 4) is 17.3 Å². The SMILES string of the molecule is COc1cc2c(cc1C(=O)Nc1cccc(-c3nnnn3[C@H](C)CO)n1)CN(C1C(=O)C(=O)C1N)CC2. The van der Waals surface area contributed by atoms with Crippen molar-refractivity contribution in [3.05, 3.63) is 47.0 Å². The molecule has 192 valence electrons. The lowest BCUT2D eigenvalue weighted by atomic mass is 9.81. The lowest BCUT2D eigenvalue weighted by Gasteiger charge is -2.41. The van der Waals surface area contributed by atoms with Crippen LogP contribution in [0.4, 0.5) is 5.82 Å². The fraction of sp³-hybridized carbons (Fsp3) is 0.375. The molecular formula is C24H26N8O5. The first-order valence-corrected chi connectivity index (χ1v) is 11.8. The summed E-state index contributed by atoms with van der Waals surface area (Å²) in [6, 6.07) is 6.82. The third-order valence-electron chi connectivity index (χ3n) is 6.75. The highest BCUT2D eigenvalue weighted by Gasteiger charge is 2.50. The van der Waals surface area contributed by atoms with E-state index in [1.54, 1.807) is 31.2 Å². The maximum absolute atomic E-state index is 13.3. The Labute approximate surface area is 211 Å². The van der Waals surface area contributed by atoms with E-state index in [-0.39, 0.29) is 18.5 Å². The largest absolute Gasteiger partial charge is 0.496 e. The van der Waals surface area contributed by atoms with Gasteiger partial charge in [-0.2, -0.15) is 0 Å². The van der Waals surface area contributed by atoms with E-state index in [9.17, 15) is 19.5 Å². The van der Waals surface area contributed by atoms with E-state index in [2.05, 4.69) is 25.8 Å². The van der Waals surface area contributed by atoms with Crippen LogP contribution in [-0.4, -0.2) is 85.0 Å². The summed E-state index contributed by atoms with van der Waals surface area (Å²) in [5.41, 5.74) is 8.45. The predicted octanol–water partition coefficient (Wildman–Crippen LogP) is -0.245. The maximum atomic E-state index is 13.3. The molecule has 3 aromatic rings. The van der Waals surface area contributed by atoms with Gasteiger partial charge in [0.25, 0.3) is 5.91 Å². The number of methoxy groups -OCH3 is 1. The molecule has 2 unspecified atom stereocenters. The first-order chi connectivity index (χ1) is 17.8. The molecule has 1 aliphatic heterocycles. The molecule has 2 aromatic heterocycles. The van der Waals surface area contributed by atoms with E-state index in [0.29, 0.717) is 42.3 Å². The summed E-state index contributed by atoms with van der Waals surface area (Å²) in [6.45, 7) is 2.57. The number of amides is 1. The van der Waals surface area contributed by atoms with Crippen molar-refractivity contribution >= 4 is 23.3 Å². The number of aliphatic hydroxyl groups is 1. The molecule has 1 fully saturated rings. The van der Waals surface area contributed by atoms with Crippen LogP contribution in [-0.2, 0) is 22.6 Å². The Morgan fingerprint density at radius 3 is 2.81 bits per heavy atom. The number of hydrogen-bond donors (Lipinski definition) is 3. The lowest BCUT2D eigenvalue weighted by molar-refractivity contribution is -0.150. The Bertz CT molecular complexity index is 1390. The van der Waals surface area contributed by atoms with Crippen molar-refractivity contribution in [2.45, 2.75) is 38.0 Å². The normalized spacial score (nSPS) is 20.2. The average molecular weight is 507 g/mol. The number of ketones is 2. The summed E-state index contributed by atoms with van der Waals surface area (Å²) >= 11 is 0. The van der Waals surface area contributed by atoms with Gasteiger partial charge < -0.3 is 20.9 Å². The summed E-state index contributed by atoms with van der Waals surface area (Å²) < 4.78 is 6.95. The highest BCUT2D eigenvalue weighted by atomic mass is 16.5. The summed E-state index contributed by atoms with van der Waals surface area (Å²) in [5.74, 6) is -0.400. The summed E-state index contributed by atoms with van der Waals surface area (Å²) in [6.07, 6.45) is 0.628. The molecule has 3 atom stereocenters. The van der Waals surface area contributed by atoms with Crippen molar-refractivity contribution < 1.29 is 24.2 Å². The number of nitrogens with zero attached hydrogens (tertiary/aromatic N) is 6. The van der Waals surface area contributed by atoms with Gasteiger partial charge in [-0.3, -0.25) is 19.3 Å². The van der Waals surface area contributed by atoms with Gasteiger partial charge in [-0.15, -0.1) is 5.10 Å². The third-order valence-corrected chi connectivity index (χ3v) is 6.75. The number of tetrazole rings is 1. The second-order valence-electron chi connectivity index (χ2n) is 9.08. The summed E-state index contributed by atoms with van der Waals surface area (Å²) in [5, 5.41) is 23.8. The number of pyridine rings is 1. The smallest absolute Gasteiger partial charge is 0.260 e. The summed E-state index contributed by atoms with van der Waals surface area (Å²) in [7, 11) is 1.49. The predicted molar refractivity (Wildman–Crippen MR) is 130 cm³/mol. The molecule has 2 aliphatic rings. The molecule has 0 spiro atoms. The average Bonchev–Trinajstić information content (AvgIpc) is 3.42. The van der Waals surface area contributed by atoms with Crippen LogP contribution in [0.5, 0.6) is 5.75 Å². The molecule has 3 heterocycles. The van der Waals surface area contributed by atoms with Gasteiger partial charge in [0.2, 0.25) is 17.4 Å². The number of anilines is 1.